The van der Waals surface area contributed by atoms with Crippen molar-refractivity contribution < 1.29 is 23.0 Å². The number of benzene rings is 1. The lowest BCUT2D eigenvalue weighted by Crippen LogP contribution is -2.06. The van der Waals surface area contributed by atoms with Gasteiger partial charge in [0.2, 0.25) is 0 Å². The summed E-state index contributed by atoms with van der Waals surface area (Å²) in [7, 11) is 0. The summed E-state index contributed by atoms with van der Waals surface area (Å²) in [6, 6.07) is 5.60. The fourth-order valence-corrected chi connectivity index (χ4v) is 4.08. The number of aromatic hydroxyl groups is 1. The van der Waals surface area contributed by atoms with Crippen molar-refractivity contribution in [1.82, 2.24) is 14.8 Å². The van der Waals surface area contributed by atoms with Crippen molar-refractivity contribution in [2.75, 3.05) is 13.2 Å². The van der Waals surface area contributed by atoms with Gasteiger partial charge in [0.25, 0.3) is 0 Å². The molecule has 140 valence electrons. The minimum absolute atomic E-state index is 0.288. The van der Waals surface area contributed by atoms with Crippen LogP contribution in [0.3, 0.4) is 0 Å². The lowest BCUT2D eigenvalue weighted by molar-refractivity contribution is -0.137. The Balaban J connectivity index is 1.54. The fraction of sp³-hybridized carbons (Fsp3) is 0.368. The maximum absolute atomic E-state index is 12.9. The molecule has 5 rings (SSSR count). The third-order valence-corrected chi connectivity index (χ3v) is 5.50. The van der Waals surface area contributed by atoms with Crippen LogP contribution < -0.4 is 0 Å². The quantitative estimate of drug-likeness (QED) is 0.737. The van der Waals surface area contributed by atoms with Gasteiger partial charge in [-0.1, -0.05) is 0 Å². The van der Waals surface area contributed by atoms with E-state index >= 15 is 0 Å². The van der Waals surface area contributed by atoms with Crippen LogP contribution in [0.2, 0.25) is 0 Å². The normalized spacial score (nSPS) is 24.4. The van der Waals surface area contributed by atoms with Gasteiger partial charge >= 0.3 is 6.18 Å². The summed E-state index contributed by atoms with van der Waals surface area (Å²) in [5, 5.41) is 15.6. The Morgan fingerprint density at radius 1 is 1.19 bits per heavy atom. The number of halogens is 3. The van der Waals surface area contributed by atoms with Crippen molar-refractivity contribution in [2.45, 2.75) is 19.1 Å². The van der Waals surface area contributed by atoms with Crippen LogP contribution in [0.1, 0.15) is 17.2 Å². The SMILES string of the molecule is Cc1cc(C(F)(F)F)cc(O)c1-c1ccc2cn(C3[C@H]4COC[C@@H]34)nc2n1. The number of fused-ring (bicyclic) bond motifs is 2. The summed E-state index contributed by atoms with van der Waals surface area (Å²) in [5.74, 6) is 0.558. The van der Waals surface area contributed by atoms with Gasteiger partial charge in [0.15, 0.2) is 5.65 Å². The first kappa shape index (κ1) is 16.6. The van der Waals surface area contributed by atoms with E-state index in [0.717, 1.165) is 30.7 Å². The monoisotopic (exact) mass is 375 g/mol. The molecule has 2 fully saturated rings. The average molecular weight is 375 g/mol. The molecule has 3 aromatic rings. The Labute approximate surface area is 152 Å². The molecule has 1 aliphatic carbocycles. The molecular weight excluding hydrogens is 359 g/mol. The number of rotatable bonds is 2. The number of aryl methyl sites for hydroxylation is 1. The van der Waals surface area contributed by atoms with E-state index in [0.29, 0.717) is 34.8 Å². The lowest BCUT2D eigenvalue weighted by atomic mass is 10.00. The molecule has 5 nitrogen and oxygen atoms in total. The van der Waals surface area contributed by atoms with Gasteiger partial charge in [0.05, 0.1) is 30.5 Å². The molecule has 1 N–H and O–H groups in total. The smallest absolute Gasteiger partial charge is 0.416 e. The van der Waals surface area contributed by atoms with E-state index in [9.17, 15) is 18.3 Å². The van der Waals surface area contributed by atoms with E-state index in [2.05, 4.69) is 10.1 Å². The second-order valence-electron chi connectivity index (χ2n) is 7.26. The summed E-state index contributed by atoms with van der Waals surface area (Å²) < 4.78 is 46.1. The third-order valence-electron chi connectivity index (χ3n) is 5.50. The first-order valence-electron chi connectivity index (χ1n) is 8.68. The van der Waals surface area contributed by atoms with Gasteiger partial charge < -0.3 is 9.84 Å². The first-order chi connectivity index (χ1) is 12.8. The van der Waals surface area contributed by atoms with Crippen molar-refractivity contribution in [3.63, 3.8) is 0 Å². The molecule has 1 saturated carbocycles. The maximum atomic E-state index is 12.9. The predicted molar refractivity (Wildman–Crippen MR) is 91.2 cm³/mol. The van der Waals surface area contributed by atoms with Gasteiger partial charge in [0, 0.05) is 29.0 Å². The Morgan fingerprint density at radius 2 is 1.93 bits per heavy atom. The topological polar surface area (TPSA) is 60.2 Å². The molecule has 1 aliphatic heterocycles. The number of phenolic OH excluding ortho intramolecular Hbond substituents is 1. The molecular formula is C19H16F3N3O2. The minimum Gasteiger partial charge on any atom is -0.507 e. The molecule has 0 radical (unpaired) electrons. The Bertz CT molecular complexity index is 1030. The number of alkyl halides is 3. The highest BCUT2D eigenvalue weighted by atomic mass is 19.4. The zero-order valence-corrected chi connectivity index (χ0v) is 14.4. The molecule has 8 heteroatoms. The predicted octanol–water partition coefficient (Wildman–Crippen LogP) is 3.95. The summed E-state index contributed by atoms with van der Waals surface area (Å²) in [5.41, 5.74) is 0.626. The first-order valence-corrected chi connectivity index (χ1v) is 8.68. The Morgan fingerprint density at radius 3 is 2.59 bits per heavy atom. The van der Waals surface area contributed by atoms with Gasteiger partial charge in [-0.05, 0) is 36.8 Å². The highest BCUT2D eigenvalue weighted by molar-refractivity contribution is 5.80. The third kappa shape index (κ3) is 2.58. The summed E-state index contributed by atoms with van der Waals surface area (Å²) in [4.78, 5) is 4.48. The fourth-order valence-electron chi connectivity index (χ4n) is 4.08. The van der Waals surface area contributed by atoms with Crippen LogP contribution in [0.4, 0.5) is 13.2 Å². The van der Waals surface area contributed by atoms with Crippen LogP contribution in [0.25, 0.3) is 22.3 Å². The summed E-state index contributed by atoms with van der Waals surface area (Å²) in [6.45, 7) is 3.03. The van der Waals surface area contributed by atoms with E-state index < -0.39 is 17.5 Å². The number of nitrogens with zero attached hydrogens (tertiary/aromatic N) is 3. The number of hydrogen-bond acceptors (Lipinski definition) is 4. The van der Waals surface area contributed by atoms with E-state index in [1.54, 1.807) is 6.07 Å². The van der Waals surface area contributed by atoms with Gasteiger partial charge in [-0.25, -0.2) is 4.98 Å². The molecule has 0 bridgehead atoms. The van der Waals surface area contributed by atoms with Gasteiger partial charge in [-0.2, -0.15) is 18.3 Å². The standard InChI is InChI=1S/C19H16F3N3O2/c1-9-4-11(19(20,21)22)5-15(26)16(9)14-3-2-10-6-25(24-18(10)23-14)17-12-7-27-8-13(12)17/h2-6,12-13,17,26H,7-8H2,1H3/t12-,13+,17?. The van der Waals surface area contributed by atoms with Gasteiger partial charge in [-0.3, -0.25) is 4.68 Å². The van der Waals surface area contributed by atoms with Crippen LogP contribution in [-0.4, -0.2) is 33.1 Å². The van der Waals surface area contributed by atoms with E-state index in [1.165, 1.54) is 6.92 Å². The highest BCUT2D eigenvalue weighted by Crippen LogP contribution is 2.54. The van der Waals surface area contributed by atoms with Crippen LogP contribution in [0.5, 0.6) is 5.75 Å². The molecule has 3 heterocycles. The van der Waals surface area contributed by atoms with Crippen molar-refractivity contribution in [2.24, 2.45) is 11.8 Å². The molecule has 1 aromatic carbocycles. The van der Waals surface area contributed by atoms with E-state index in [1.807, 2.05) is 16.9 Å². The Kier molecular flexibility index (Phi) is 3.34. The molecule has 2 aliphatic rings. The zero-order chi connectivity index (χ0) is 18.9. The van der Waals surface area contributed by atoms with Crippen LogP contribution in [-0.2, 0) is 10.9 Å². The average Bonchev–Trinajstić information content (AvgIpc) is 2.96. The largest absolute Gasteiger partial charge is 0.507 e. The van der Waals surface area contributed by atoms with Crippen LogP contribution in [0, 0.1) is 18.8 Å². The second-order valence-corrected chi connectivity index (χ2v) is 7.26. The van der Waals surface area contributed by atoms with Crippen molar-refractivity contribution >= 4 is 11.0 Å². The molecule has 1 unspecified atom stereocenters. The molecule has 27 heavy (non-hydrogen) atoms. The number of pyridine rings is 1. The van der Waals surface area contributed by atoms with E-state index in [4.69, 9.17) is 4.74 Å². The summed E-state index contributed by atoms with van der Waals surface area (Å²) >= 11 is 0. The number of ether oxygens (including phenoxy) is 1. The number of aromatic nitrogens is 3. The Hall–Kier alpha value is -2.61. The minimum atomic E-state index is -4.51. The molecule has 0 amide bonds. The van der Waals surface area contributed by atoms with E-state index in [-0.39, 0.29) is 5.56 Å². The number of phenols is 1. The molecule has 0 spiro atoms. The second kappa shape index (κ2) is 5.45. The van der Waals surface area contributed by atoms with Crippen LogP contribution in [0.15, 0.2) is 30.5 Å². The lowest BCUT2D eigenvalue weighted by Gasteiger charge is -2.13. The van der Waals surface area contributed by atoms with Crippen molar-refractivity contribution in [1.29, 1.82) is 0 Å². The molecule has 1 saturated heterocycles. The molecule has 2 aromatic heterocycles. The van der Waals surface area contributed by atoms with Crippen molar-refractivity contribution in [3.05, 3.63) is 41.6 Å². The maximum Gasteiger partial charge on any atom is 0.416 e. The van der Waals surface area contributed by atoms with Crippen LogP contribution >= 0.6 is 0 Å². The summed E-state index contributed by atoms with van der Waals surface area (Å²) in [6.07, 6.45) is -2.57. The zero-order valence-electron chi connectivity index (χ0n) is 14.4. The van der Waals surface area contributed by atoms with Crippen molar-refractivity contribution in [3.8, 4) is 17.0 Å². The number of hydrogen-bond donors (Lipinski definition) is 1. The highest BCUT2D eigenvalue weighted by Gasteiger charge is 2.55. The van der Waals surface area contributed by atoms with Gasteiger partial charge in [0.1, 0.15) is 5.75 Å². The van der Waals surface area contributed by atoms with Gasteiger partial charge in [-0.15, -0.1) is 0 Å². The molecule has 3 atom stereocenters.